The van der Waals surface area contributed by atoms with Gasteiger partial charge in [0.2, 0.25) is 0 Å². The highest BCUT2D eigenvalue weighted by Gasteiger charge is 2.26. The molecule has 0 saturated heterocycles. The molecule has 1 aliphatic carbocycles. The van der Waals surface area contributed by atoms with Crippen molar-refractivity contribution < 1.29 is 5.11 Å². The summed E-state index contributed by atoms with van der Waals surface area (Å²) in [6.45, 7) is 6.33. The van der Waals surface area contributed by atoms with Crippen molar-refractivity contribution in [3.63, 3.8) is 0 Å². The maximum atomic E-state index is 9.26. The zero-order valence-electron chi connectivity index (χ0n) is 6.26. The number of rotatable bonds is 0. The molecule has 0 aromatic heterocycles. The molecule has 0 bridgehead atoms. The summed E-state index contributed by atoms with van der Waals surface area (Å²) < 4.78 is 0. The van der Waals surface area contributed by atoms with Crippen LogP contribution in [-0.2, 0) is 0 Å². The van der Waals surface area contributed by atoms with Crippen LogP contribution in [0.25, 0.3) is 0 Å². The van der Waals surface area contributed by atoms with Gasteiger partial charge in [0, 0.05) is 0 Å². The molecule has 1 nitrogen and oxygen atoms in total. The molecule has 1 N–H and O–H groups in total. The molecule has 0 fully saturated rings. The summed E-state index contributed by atoms with van der Waals surface area (Å²) >= 11 is 0. The number of hydrogen-bond acceptors (Lipinski definition) is 1. The average molecular weight is 126 g/mol. The molecule has 3 unspecified atom stereocenters. The first-order valence-corrected chi connectivity index (χ1v) is 3.49. The third-order valence-corrected chi connectivity index (χ3v) is 2.48. The number of aliphatic hydroxyl groups excluding tert-OH is 1. The Bertz CT molecular complexity index is 138. The summed E-state index contributed by atoms with van der Waals surface area (Å²) in [5.74, 6) is 0.991. The Labute approximate surface area is 56.4 Å². The lowest BCUT2D eigenvalue weighted by Crippen LogP contribution is -2.14. The van der Waals surface area contributed by atoms with Crippen molar-refractivity contribution >= 4 is 0 Å². The molecular formula is C8H14O. The van der Waals surface area contributed by atoms with Crippen LogP contribution in [0.3, 0.4) is 0 Å². The van der Waals surface area contributed by atoms with E-state index in [1.54, 1.807) is 0 Å². The van der Waals surface area contributed by atoms with Gasteiger partial charge in [0.15, 0.2) is 0 Å². The highest BCUT2D eigenvalue weighted by atomic mass is 16.3. The van der Waals surface area contributed by atoms with Crippen molar-refractivity contribution in [3.05, 3.63) is 11.6 Å². The summed E-state index contributed by atoms with van der Waals surface area (Å²) in [6.07, 6.45) is 1.76. The zero-order chi connectivity index (χ0) is 7.02. The van der Waals surface area contributed by atoms with Crippen LogP contribution in [-0.4, -0.2) is 11.2 Å². The quantitative estimate of drug-likeness (QED) is 0.488. The van der Waals surface area contributed by atoms with Gasteiger partial charge in [-0.25, -0.2) is 0 Å². The minimum Gasteiger partial charge on any atom is -0.389 e. The standard InChI is InChI=1S/C8H14O/c1-5-4-8(9)7(3)6(5)2/h4,6-9H,1-3H3. The molecule has 1 rings (SSSR count). The first-order valence-electron chi connectivity index (χ1n) is 3.49. The summed E-state index contributed by atoms with van der Waals surface area (Å²) in [4.78, 5) is 0. The average Bonchev–Trinajstić information content (AvgIpc) is 1.98. The smallest absolute Gasteiger partial charge is 0.0754 e. The third-order valence-electron chi connectivity index (χ3n) is 2.48. The molecule has 9 heavy (non-hydrogen) atoms. The van der Waals surface area contributed by atoms with Crippen LogP contribution in [0.5, 0.6) is 0 Å². The highest BCUT2D eigenvalue weighted by Crippen LogP contribution is 2.30. The van der Waals surface area contributed by atoms with E-state index in [0.29, 0.717) is 11.8 Å². The van der Waals surface area contributed by atoms with Gasteiger partial charge in [0.1, 0.15) is 0 Å². The molecule has 0 saturated carbocycles. The van der Waals surface area contributed by atoms with Crippen LogP contribution < -0.4 is 0 Å². The maximum absolute atomic E-state index is 9.26. The van der Waals surface area contributed by atoms with E-state index in [-0.39, 0.29) is 6.10 Å². The molecular weight excluding hydrogens is 112 g/mol. The Morgan fingerprint density at radius 1 is 1.44 bits per heavy atom. The summed E-state index contributed by atoms with van der Waals surface area (Å²) in [6, 6.07) is 0. The zero-order valence-corrected chi connectivity index (χ0v) is 6.26. The van der Waals surface area contributed by atoms with Crippen LogP contribution in [0, 0.1) is 11.8 Å². The fourth-order valence-electron chi connectivity index (χ4n) is 1.28. The molecule has 52 valence electrons. The number of aliphatic hydroxyl groups is 1. The molecule has 0 aliphatic heterocycles. The molecule has 0 heterocycles. The molecule has 0 amide bonds. The van der Waals surface area contributed by atoms with Crippen molar-refractivity contribution in [2.24, 2.45) is 11.8 Å². The van der Waals surface area contributed by atoms with Crippen LogP contribution in [0.2, 0.25) is 0 Å². The van der Waals surface area contributed by atoms with E-state index < -0.39 is 0 Å². The van der Waals surface area contributed by atoms with Gasteiger partial charge in [-0.1, -0.05) is 25.5 Å². The van der Waals surface area contributed by atoms with Crippen LogP contribution in [0.1, 0.15) is 20.8 Å². The van der Waals surface area contributed by atoms with Gasteiger partial charge in [0.05, 0.1) is 6.10 Å². The second-order valence-electron chi connectivity index (χ2n) is 3.05. The summed E-state index contributed by atoms with van der Waals surface area (Å²) in [7, 11) is 0. The lowest BCUT2D eigenvalue weighted by atomic mass is 9.95. The molecule has 0 spiro atoms. The van der Waals surface area contributed by atoms with Crippen molar-refractivity contribution in [2.45, 2.75) is 26.9 Å². The SMILES string of the molecule is CC1=CC(O)C(C)C1C. The van der Waals surface area contributed by atoms with Gasteiger partial charge < -0.3 is 5.11 Å². The summed E-state index contributed by atoms with van der Waals surface area (Å²) in [5.41, 5.74) is 1.33. The van der Waals surface area contributed by atoms with Gasteiger partial charge in [-0.05, 0) is 18.8 Å². The van der Waals surface area contributed by atoms with Crippen molar-refractivity contribution in [2.75, 3.05) is 0 Å². The molecule has 0 aromatic carbocycles. The van der Waals surface area contributed by atoms with Gasteiger partial charge >= 0.3 is 0 Å². The Kier molecular flexibility index (Phi) is 1.62. The minimum absolute atomic E-state index is 0.194. The predicted octanol–water partition coefficient (Wildman–Crippen LogP) is 1.58. The fraction of sp³-hybridized carbons (Fsp3) is 0.750. The van der Waals surface area contributed by atoms with E-state index in [1.807, 2.05) is 6.08 Å². The lowest BCUT2D eigenvalue weighted by molar-refractivity contribution is 0.156. The molecule has 3 atom stereocenters. The third kappa shape index (κ3) is 1.01. The van der Waals surface area contributed by atoms with E-state index in [0.717, 1.165) is 0 Å². The van der Waals surface area contributed by atoms with E-state index in [2.05, 4.69) is 20.8 Å². The van der Waals surface area contributed by atoms with Crippen LogP contribution in [0.15, 0.2) is 11.6 Å². The van der Waals surface area contributed by atoms with Crippen molar-refractivity contribution in [1.82, 2.24) is 0 Å². The van der Waals surface area contributed by atoms with Gasteiger partial charge in [0.25, 0.3) is 0 Å². The monoisotopic (exact) mass is 126 g/mol. The van der Waals surface area contributed by atoms with E-state index in [1.165, 1.54) is 5.57 Å². The van der Waals surface area contributed by atoms with Crippen LogP contribution >= 0.6 is 0 Å². The molecule has 0 aromatic rings. The van der Waals surface area contributed by atoms with Crippen LogP contribution in [0.4, 0.5) is 0 Å². The second-order valence-corrected chi connectivity index (χ2v) is 3.05. The van der Waals surface area contributed by atoms with Gasteiger partial charge in [-0.3, -0.25) is 0 Å². The molecule has 1 heteroatoms. The second kappa shape index (κ2) is 2.14. The predicted molar refractivity (Wildman–Crippen MR) is 38.1 cm³/mol. The Morgan fingerprint density at radius 3 is 2.11 bits per heavy atom. The van der Waals surface area contributed by atoms with Gasteiger partial charge in [-0.15, -0.1) is 0 Å². The van der Waals surface area contributed by atoms with Crippen molar-refractivity contribution in [1.29, 1.82) is 0 Å². The Morgan fingerprint density at radius 2 is 2.00 bits per heavy atom. The first kappa shape index (κ1) is 6.81. The maximum Gasteiger partial charge on any atom is 0.0754 e. The largest absolute Gasteiger partial charge is 0.389 e. The lowest BCUT2D eigenvalue weighted by Gasteiger charge is -2.13. The molecule has 1 aliphatic rings. The summed E-state index contributed by atoms with van der Waals surface area (Å²) in [5, 5.41) is 9.26. The highest BCUT2D eigenvalue weighted by molar-refractivity contribution is 5.15. The van der Waals surface area contributed by atoms with E-state index >= 15 is 0 Å². The van der Waals surface area contributed by atoms with E-state index in [4.69, 9.17) is 0 Å². The van der Waals surface area contributed by atoms with Gasteiger partial charge in [-0.2, -0.15) is 0 Å². The van der Waals surface area contributed by atoms with E-state index in [9.17, 15) is 5.11 Å². The first-order chi connectivity index (χ1) is 4.13. The molecule has 0 radical (unpaired) electrons. The number of hydrogen-bond donors (Lipinski definition) is 1. The normalized spacial score (nSPS) is 43.1. The Balaban J connectivity index is 2.70. The topological polar surface area (TPSA) is 20.2 Å². The van der Waals surface area contributed by atoms with Crippen molar-refractivity contribution in [3.8, 4) is 0 Å². The fourth-order valence-corrected chi connectivity index (χ4v) is 1.28. The Hall–Kier alpha value is -0.300. The number of allylic oxidation sites excluding steroid dienone is 1. The minimum atomic E-state index is -0.194.